The second-order valence-corrected chi connectivity index (χ2v) is 4.35. The standard InChI is InChI=1S/C12H13NOS/c1-10-9-13-7-6-12(10)5-3-4-8-15-11(2)14/h6-7,9H,4,8H2,1-2H3. The molecule has 1 rings (SSSR count). The maximum absolute atomic E-state index is 10.6. The van der Waals surface area contributed by atoms with Crippen molar-refractivity contribution in [1.82, 2.24) is 4.98 Å². The third-order valence-electron chi connectivity index (χ3n) is 1.78. The number of thioether (sulfide) groups is 1. The first kappa shape index (κ1) is 11.8. The van der Waals surface area contributed by atoms with Gasteiger partial charge in [-0.05, 0) is 18.6 Å². The molecule has 0 radical (unpaired) electrons. The maximum atomic E-state index is 10.6. The maximum Gasteiger partial charge on any atom is 0.185 e. The molecule has 0 unspecified atom stereocenters. The summed E-state index contributed by atoms with van der Waals surface area (Å²) in [4.78, 5) is 14.6. The number of carbonyl (C=O) groups is 1. The van der Waals surface area contributed by atoms with Crippen LogP contribution in [0, 0.1) is 18.8 Å². The van der Waals surface area contributed by atoms with Crippen LogP contribution in [-0.4, -0.2) is 15.9 Å². The van der Waals surface area contributed by atoms with E-state index in [-0.39, 0.29) is 5.12 Å². The van der Waals surface area contributed by atoms with Crippen LogP contribution in [0.3, 0.4) is 0 Å². The van der Waals surface area contributed by atoms with Crippen LogP contribution in [0.15, 0.2) is 18.5 Å². The molecule has 1 heterocycles. The molecule has 15 heavy (non-hydrogen) atoms. The third-order valence-corrected chi connectivity index (χ3v) is 2.59. The molecule has 0 aromatic carbocycles. The third kappa shape index (κ3) is 4.66. The lowest BCUT2D eigenvalue weighted by Gasteiger charge is -1.94. The second-order valence-electron chi connectivity index (χ2n) is 3.08. The number of pyridine rings is 1. The summed E-state index contributed by atoms with van der Waals surface area (Å²) in [6.45, 7) is 3.56. The van der Waals surface area contributed by atoms with Gasteiger partial charge in [0.25, 0.3) is 0 Å². The Morgan fingerprint density at radius 2 is 2.40 bits per heavy atom. The molecule has 0 aliphatic carbocycles. The summed E-state index contributed by atoms with van der Waals surface area (Å²) in [5.41, 5.74) is 2.10. The molecule has 1 aromatic heterocycles. The highest BCUT2D eigenvalue weighted by Crippen LogP contribution is 2.04. The molecule has 0 fully saturated rings. The molecule has 78 valence electrons. The number of hydrogen-bond acceptors (Lipinski definition) is 3. The molecule has 3 heteroatoms. The summed E-state index contributed by atoms with van der Waals surface area (Å²) < 4.78 is 0. The van der Waals surface area contributed by atoms with Gasteiger partial charge in [-0.15, -0.1) is 0 Å². The van der Waals surface area contributed by atoms with E-state index in [0.29, 0.717) is 0 Å². The molecule has 0 amide bonds. The molecule has 2 nitrogen and oxygen atoms in total. The van der Waals surface area contributed by atoms with Crippen molar-refractivity contribution in [2.45, 2.75) is 20.3 Å². The fourth-order valence-corrected chi connectivity index (χ4v) is 1.51. The van der Waals surface area contributed by atoms with Gasteiger partial charge < -0.3 is 0 Å². The van der Waals surface area contributed by atoms with E-state index < -0.39 is 0 Å². The zero-order valence-electron chi connectivity index (χ0n) is 8.91. The Hall–Kier alpha value is -1.27. The van der Waals surface area contributed by atoms with Gasteiger partial charge in [0, 0.05) is 37.1 Å². The lowest BCUT2D eigenvalue weighted by atomic mass is 10.2. The highest BCUT2D eigenvalue weighted by Gasteiger charge is 1.92. The van der Waals surface area contributed by atoms with Crippen molar-refractivity contribution >= 4 is 16.9 Å². The van der Waals surface area contributed by atoms with Gasteiger partial charge in [-0.1, -0.05) is 23.6 Å². The number of rotatable bonds is 2. The number of aryl methyl sites for hydroxylation is 1. The lowest BCUT2D eigenvalue weighted by molar-refractivity contribution is -0.109. The van der Waals surface area contributed by atoms with Gasteiger partial charge in [0.05, 0.1) is 0 Å². The van der Waals surface area contributed by atoms with Crippen LogP contribution in [0.25, 0.3) is 0 Å². The molecular weight excluding hydrogens is 206 g/mol. The van der Waals surface area contributed by atoms with E-state index in [0.717, 1.165) is 23.3 Å². The Labute approximate surface area is 94.5 Å². The van der Waals surface area contributed by atoms with Crippen molar-refractivity contribution in [2.24, 2.45) is 0 Å². The Balaban J connectivity index is 2.45. The van der Waals surface area contributed by atoms with E-state index >= 15 is 0 Å². The first-order chi connectivity index (χ1) is 7.20. The minimum atomic E-state index is 0.150. The zero-order valence-corrected chi connectivity index (χ0v) is 9.73. The molecule has 0 saturated carbocycles. The van der Waals surface area contributed by atoms with Crippen molar-refractivity contribution in [3.8, 4) is 11.8 Å². The van der Waals surface area contributed by atoms with Gasteiger partial charge in [0.2, 0.25) is 0 Å². The first-order valence-electron chi connectivity index (χ1n) is 4.73. The van der Waals surface area contributed by atoms with E-state index in [2.05, 4.69) is 16.8 Å². The molecule has 0 N–H and O–H groups in total. The molecule has 0 aliphatic rings. The molecule has 0 aliphatic heterocycles. The van der Waals surface area contributed by atoms with Crippen molar-refractivity contribution in [2.75, 3.05) is 5.75 Å². The van der Waals surface area contributed by atoms with Crippen LogP contribution in [0.2, 0.25) is 0 Å². The number of hydrogen-bond donors (Lipinski definition) is 0. The second kappa shape index (κ2) is 6.26. The summed E-state index contributed by atoms with van der Waals surface area (Å²) in [5, 5.41) is 0.150. The highest BCUT2D eigenvalue weighted by atomic mass is 32.2. The van der Waals surface area contributed by atoms with E-state index in [9.17, 15) is 4.79 Å². The fourth-order valence-electron chi connectivity index (χ4n) is 1.02. The Kier molecular flexibility index (Phi) is 4.92. The molecule has 0 atom stereocenters. The van der Waals surface area contributed by atoms with Crippen LogP contribution in [0.1, 0.15) is 24.5 Å². The molecular formula is C12H13NOS. The molecule has 0 saturated heterocycles. The summed E-state index contributed by atoms with van der Waals surface area (Å²) in [7, 11) is 0. The van der Waals surface area contributed by atoms with Crippen LogP contribution in [0.5, 0.6) is 0 Å². The average molecular weight is 219 g/mol. The van der Waals surface area contributed by atoms with Crippen molar-refractivity contribution in [3.05, 3.63) is 29.6 Å². The van der Waals surface area contributed by atoms with Crippen LogP contribution >= 0.6 is 11.8 Å². The number of carbonyl (C=O) groups excluding carboxylic acids is 1. The van der Waals surface area contributed by atoms with Gasteiger partial charge in [-0.3, -0.25) is 9.78 Å². The van der Waals surface area contributed by atoms with Gasteiger partial charge in [0.1, 0.15) is 0 Å². The van der Waals surface area contributed by atoms with Crippen molar-refractivity contribution < 1.29 is 4.79 Å². The number of aromatic nitrogens is 1. The highest BCUT2D eigenvalue weighted by molar-refractivity contribution is 8.13. The van der Waals surface area contributed by atoms with Gasteiger partial charge in [0.15, 0.2) is 5.12 Å². The zero-order chi connectivity index (χ0) is 11.1. The molecule has 1 aromatic rings. The molecule has 0 bridgehead atoms. The van der Waals surface area contributed by atoms with Crippen LogP contribution in [-0.2, 0) is 4.79 Å². The SMILES string of the molecule is CC(=O)SCCC#Cc1ccncc1C. The van der Waals surface area contributed by atoms with Crippen molar-refractivity contribution in [3.63, 3.8) is 0 Å². The smallest absolute Gasteiger partial charge is 0.185 e. The van der Waals surface area contributed by atoms with E-state index in [1.807, 2.05) is 13.0 Å². The van der Waals surface area contributed by atoms with E-state index in [4.69, 9.17) is 0 Å². The average Bonchev–Trinajstić information content (AvgIpc) is 2.20. The lowest BCUT2D eigenvalue weighted by Crippen LogP contribution is -1.85. The van der Waals surface area contributed by atoms with Gasteiger partial charge in [-0.25, -0.2) is 0 Å². The molecule has 0 spiro atoms. The van der Waals surface area contributed by atoms with E-state index in [1.165, 1.54) is 11.8 Å². The predicted molar refractivity (Wildman–Crippen MR) is 63.6 cm³/mol. The monoisotopic (exact) mass is 219 g/mol. The normalized spacial score (nSPS) is 9.20. The minimum Gasteiger partial charge on any atom is -0.288 e. The first-order valence-corrected chi connectivity index (χ1v) is 5.71. The topological polar surface area (TPSA) is 30.0 Å². The van der Waals surface area contributed by atoms with Crippen molar-refractivity contribution in [1.29, 1.82) is 0 Å². The Morgan fingerprint density at radius 3 is 3.07 bits per heavy atom. The number of nitrogens with zero attached hydrogens (tertiary/aromatic N) is 1. The van der Waals surface area contributed by atoms with Crippen LogP contribution < -0.4 is 0 Å². The van der Waals surface area contributed by atoms with Gasteiger partial charge >= 0.3 is 0 Å². The van der Waals surface area contributed by atoms with Crippen LogP contribution in [0.4, 0.5) is 0 Å². The Bertz CT molecular complexity index is 404. The van der Waals surface area contributed by atoms with E-state index in [1.54, 1.807) is 19.3 Å². The summed E-state index contributed by atoms with van der Waals surface area (Å²) in [6.07, 6.45) is 4.28. The minimum absolute atomic E-state index is 0.150. The predicted octanol–water partition coefficient (Wildman–Crippen LogP) is 2.41. The summed E-state index contributed by atoms with van der Waals surface area (Å²) in [6, 6.07) is 1.90. The summed E-state index contributed by atoms with van der Waals surface area (Å²) in [5.74, 6) is 6.89. The Morgan fingerprint density at radius 1 is 1.60 bits per heavy atom. The largest absolute Gasteiger partial charge is 0.288 e. The van der Waals surface area contributed by atoms with Gasteiger partial charge in [-0.2, -0.15) is 0 Å². The quantitative estimate of drug-likeness (QED) is 0.565. The fraction of sp³-hybridized carbons (Fsp3) is 0.333. The summed E-state index contributed by atoms with van der Waals surface area (Å²) >= 11 is 1.32.